The molecule has 0 aromatic heterocycles. The van der Waals surface area contributed by atoms with E-state index in [0.29, 0.717) is 12.0 Å². The van der Waals surface area contributed by atoms with Crippen LogP contribution in [-0.4, -0.2) is 24.9 Å². The molecule has 3 rings (SSSR count). The summed E-state index contributed by atoms with van der Waals surface area (Å²) in [6, 6.07) is 15.0. The highest BCUT2D eigenvalue weighted by molar-refractivity contribution is 6.05. The van der Waals surface area contributed by atoms with Gasteiger partial charge < -0.3 is 15.5 Å². The summed E-state index contributed by atoms with van der Waals surface area (Å²) in [6.07, 6.45) is 1.45. The molecule has 2 N–H and O–H groups in total. The van der Waals surface area contributed by atoms with Crippen LogP contribution >= 0.6 is 0 Å². The lowest BCUT2D eigenvalue weighted by Crippen LogP contribution is -2.24. The lowest BCUT2D eigenvalue weighted by molar-refractivity contribution is -0.117. The normalized spacial score (nSPS) is 14.0. The lowest BCUT2D eigenvalue weighted by atomic mass is 10.1. The molecular weight excluding hydrogens is 314 g/mol. The van der Waals surface area contributed by atoms with Crippen LogP contribution in [-0.2, 0) is 11.3 Å². The second kappa shape index (κ2) is 7.94. The predicted molar refractivity (Wildman–Crippen MR) is 99.8 cm³/mol. The second-order valence-electron chi connectivity index (χ2n) is 6.13. The van der Waals surface area contributed by atoms with Crippen molar-refractivity contribution in [2.24, 2.45) is 0 Å². The first-order chi connectivity index (χ1) is 12.2. The van der Waals surface area contributed by atoms with Crippen molar-refractivity contribution in [1.29, 1.82) is 0 Å². The minimum absolute atomic E-state index is 0.119. The maximum atomic E-state index is 12.6. The largest absolute Gasteiger partial charge is 0.322 e. The number of nitrogens with one attached hydrogen (secondary N) is 2. The van der Waals surface area contributed by atoms with Crippen LogP contribution in [0.5, 0.6) is 0 Å². The van der Waals surface area contributed by atoms with E-state index < -0.39 is 0 Å². The van der Waals surface area contributed by atoms with E-state index in [4.69, 9.17) is 0 Å². The van der Waals surface area contributed by atoms with E-state index in [1.54, 1.807) is 17.0 Å². The molecule has 2 amide bonds. The number of carbonyl (C=O) groups excluding carboxylic acids is 2. The molecule has 2 aromatic rings. The first-order valence-corrected chi connectivity index (χ1v) is 8.69. The Morgan fingerprint density at radius 1 is 1.16 bits per heavy atom. The van der Waals surface area contributed by atoms with E-state index in [0.717, 1.165) is 43.0 Å². The van der Waals surface area contributed by atoms with Crippen molar-refractivity contribution in [1.82, 2.24) is 5.32 Å². The Labute approximate surface area is 148 Å². The Morgan fingerprint density at radius 2 is 2.00 bits per heavy atom. The monoisotopic (exact) mass is 337 g/mol. The molecule has 130 valence electrons. The van der Waals surface area contributed by atoms with E-state index in [-0.39, 0.29) is 11.8 Å². The average molecular weight is 337 g/mol. The molecule has 5 nitrogen and oxygen atoms in total. The fraction of sp³-hybridized carbons (Fsp3) is 0.300. The van der Waals surface area contributed by atoms with Crippen LogP contribution in [0.3, 0.4) is 0 Å². The van der Waals surface area contributed by atoms with Crippen LogP contribution in [0.1, 0.15) is 35.7 Å². The molecule has 5 heteroatoms. The predicted octanol–water partition coefficient (Wildman–Crippen LogP) is 3.18. The number of hydrogen-bond acceptors (Lipinski definition) is 3. The van der Waals surface area contributed by atoms with Gasteiger partial charge >= 0.3 is 0 Å². The lowest BCUT2D eigenvalue weighted by Gasteiger charge is -2.16. The van der Waals surface area contributed by atoms with Gasteiger partial charge in [0.05, 0.1) is 0 Å². The molecule has 1 aliphatic rings. The van der Waals surface area contributed by atoms with Crippen LogP contribution < -0.4 is 15.5 Å². The fourth-order valence-electron chi connectivity index (χ4n) is 2.97. The summed E-state index contributed by atoms with van der Waals surface area (Å²) in [4.78, 5) is 26.2. The smallest absolute Gasteiger partial charge is 0.255 e. The highest BCUT2D eigenvalue weighted by Gasteiger charge is 2.22. The third-order valence-corrected chi connectivity index (χ3v) is 4.26. The molecule has 1 saturated heterocycles. The van der Waals surface area contributed by atoms with Gasteiger partial charge in [-0.1, -0.05) is 25.1 Å². The molecule has 0 bridgehead atoms. The summed E-state index contributed by atoms with van der Waals surface area (Å²) >= 11 is 0. The van der Waals surface area contributed by atoms with Gasteiger partial charge in [0.1, 0.15) is 0 Å². The zero-order valence-electron chi connectivity index (χ0n) is 14.4. The first-order valence-electron chi connectivity index (χ1n) is 8.69. The Bertz CT molecular complexity index is 773. The van der Waals surface area contributed by atoms with E-state index in [1.807, 2.05) is 36.4 Å². The molecule has 1 aliphatic heterocycles. The van der Waals surface area contributed by atoms with Crippen molar-refractivity contribution in [2.75, 3.05) is 23.3 Å². The number of hydrogen-bond donors (Lipinski definition) is 2. The highest BCUT2D eigenvalue weighted by atomic mass is 16.2. The standard InChI is InChI=1S/C20H23N3O2/c1-2-21-14-15-6-3-8-17(12-15)22-20(25)16-7-4-9-18(13-16)23-11-5-10-19(23)24/h3-4,6-9,12-13,21H,2,5,10-11,14H2,1H3,(H,22,25). The zero-order valence-corrected chi connectivity index (χ0v) is 14.4. The Kier molecular flexibility index (Phi) is 5.46. The summed E-state index contributed by atoms with van der Waals surface area (Å²) in [5.74, 6) is -0.0530. The molecule has 0 spiro atoms. The van der Waals surface area contributed by atoms with E-state index >= 15 is 0 Å². The van der Waals surface area contributed by atoms with Crippen molar-refractivity contribution in [3.05, 3.63) is 59.7 Å². The van der Waals surface area contributed by atoms with Crippen molar-refractivity contribution in [3.8, 4) is 0 Å². The maximum absolute atomic E-state index is 12.6. The molecular formula is C20H23N3O2. The first kappa shape index (κ1) is 17.2. The number of carbonyl (C=O) groups is 2. The third kappa shape index (κ3) is 4.25. The van der Waals surface area contributed by atoms with Gasteiger partial charge in [0.2, 0.25) is 5.91 Å². The maximum Gasteiger partial charge on any atom is 0.255 e. The van der Waals surface area contributed by atoms with E-state index in [2.05, 4.69) is 17.6 Å². The Balaban J connectivity index is 1.72. The van der Waals surface area contributed by atoms with Crippen LogP contribution in [0.4, 0.5) is 11.4 Å². The van der Waals surface area contributed by atoms with Crippen LogP contribution in [0.25, 0.3) is 0 Å². The molecule has 25 heavy (non-hydrogen) atoms. The molecule has 2 aromatic carbocycles. The number of anilines is 2. The molecule has 0 atom stereocenters. The van der Waals surface area contributed by atoms with E-state index in [9.17, 15) is 9.59 Å². The van der Waals surface area contributed by atoms with Gasteiger partial charge in [-0.2, -0.15) is 0 Å². The SMILES string of the molecule is CCNCc1cccc(NC(=O)c2cccc(N3CCCC3=O)c2)c1. The zero-order chi connectivity index (χ0) is 17.6. The van der Waals surface area contributed by atoms with Crippen LogP contribution in [0.15, 0.2) is 48.5 Å². The molecule has 0 unspecified atom stereocenters. The minimum Gasteiger partial charge on any atom is -0.322 e. The summed E-state index contributed by atoms with van der Waals surface area (Å²) in [7, 11) is 0. The molecule has 1 fully saturated rings. The molecule has 0 radical (unpaired) electrons. The van der Waals surface area contributed by atoms with Crippen molar-refractivity contribution >= 4 is 23.2 Å². The Hall–Kier alpha value is -2.66. The van der Waals surface area contributed by atoms with Gasteiger partial charge in [-0.3, -0.25) is 9.59 Å². The number of benzene rings is 2. The van der Waals surface area contributed by atoms with Crippen molar-refractivity contribution < 1.29 is 9.59 Å². The van der Waals surface area contributed by atoms with Gasteiger partial charge in [-0.25, -0.2) is 0 Å². The van der Waals surface area contributed by atoms with Crippen LogP contribution in [0.2, 0.25) is 0 Å². The van der Waals surface area contributed by atoms with Crippen molar-refractivity contribution in [3.63, 3.8) is 0 Å². The number of nitrogens with zero attached hydrogens (tertiary/aromatic N) is 1. The topological polar surface area (TPSA) is 61.4 Å². The van der Waals surface area contributed by atoms with Gasteiger partial charge in [0.15, 0.2) is 0 Å². The summed E-state index contributed by atoms with van der Waals surface area (Å²) in [5.41, 5.74) is 3.23. The van der Waals surface area contributed by atoms with Gasteiger partial charge in [-0.05, 0) is 48.9 Å². The van der Waals surface area contributed by atoms with Crippen LogP contribution in [0, 0.1) is 0 Å². The second-order valence-corrected chi connectivity index (χ2v) is 6.13. The van der Waals surface area contributed by atoms with E-state index in [1.165, 1.54) is 0 Å². The molecule has 1 heterocycles. The fourth-order valence-corrected chi connectivity index (χ4v) is 2.97. The summed E-state index contributed by atoms with van der Waals surface area (Å²) in [5, 5.41) is 6.20. The van der Waals surface area contributed by atoms with Gasteiger partial charge in [-0.15, -0.1) is 0 Å². The Morgan fingerprint density at radius 3 is 2.76 bits per heavy atom. The quantitative estimate of drug-likeness (QED) is 0.851. The van der Waals surface area contributed by atoms with Gasteiger partial charge in [0, 0.05) is 36.4 Å². The molecule has 0 aliphatic carbocycles. The highest BCUT2D eigenvalue weighted by Crippen LogP contribution is 2.23. The summed E-state index contributed by atoms with van der Waals surface area (Å²) in [6.45, 7) is 4.45. The van der Waals surface area contributed by atoms with Crippen molar-refractivity contribution in [2.45, 2.75) is 26.3 Å². The number of rotatable bonds is 6. The third-order valence-electron chi connectivity index (χ3n) is 4.26. The molecule has 0 saturated carbocycles. The minimum atomic E-state index is -0.172. The van der Waals surface area contributed by atoms with Gasteiger partial charge in [0.25, 0.3) is 5.91 Å². The average Bonchev–Trinajstić information content (AvgIpc) is 3.06. The summed E-state index contributed by atoms with van der Waals surface area (Å²) < 4.78 is 0. The number of amides is 2.